The molecule has 3 rings (SSSR count). The van der Waals surface area contributed by atoms with Crippen LogP contribution in [-0.2, 0) is 0 Å². The third kappa shape index (κ3) is 3.75. The van der Waals surface area contributed by atoms with Crippen molar-refractivity contribution in [1.82, 2.24) is 15.0 Å². The van der Waals surface area contributed by atoms with Crippen molar-refractivity contribution < 1.29 is 9.90 Å². The van der Waals surface area contributed by atoms with Gasteiger partial charge in [-0.2, -0.15) is 5.10 Å². The number of benzene rings is 2. The van der Waals surface area contributed by atoms with Gasteiger partial charge in [0.05, 0.1) is 11.9 Å². The summed E-state index contributed by atoms with van der Waals surface area (Å²) in [6, 6.07) is 13.7. The van der Waals surface area contributed by atoms with E-state index < -0.39 is 23.0 Å². The highest BCUT2D eigenvalue weighted by Crippen LogP contribution is 2.19. The monoisotopic (exact) mass is 378 g/mol. The van der Waals surface area contributed by atoms with Crippen molar-refractivity contribution in [2.75, 3.05) is 0 Å². The summed E-state index contributed by atoms with van der Waals surface area (Å²) in [7, 11) is 0. The van der Waals surface area contributed by atoms with Crippen LogP contribution >= 0.6 is 0 Å². The van der Waals surface area contributed by atoms with Crippen molar-refractivity contribution in [2.45, 2.75) is 13.8 Å². The summed E-state index contributed by atoms with van der Waals surface area (Å²) in [5.41, 5.74) is 2.96. The molecule has 3 aromatic rings. The number of aromatic amines is 1. The van der Waals surface area contributed by atoms with Gasteiger partial charge >= 0.3 is 5.69 Å². The minimum absolute atomic E-state index is 0.257. The summed E-state index contributed by atoms with van der Waals surface area (Å²) in [5.74, 6) is -1.05. The number of aromatic hydroxyl groups is 1. The lowest BCUT2D eigenvalue weighted by Crippen LogP contribution is -2.32. The molecule has 1 aromatic heterocycles. The van der Waals surface area contributed by atoms with Gasteiger partial charge in [0.15, 0.2) is 0 Å². The minimum Gasteiger partial charge on any atom is -0.493 e. The van der Waals surface area contributed by atoms with E-state index in [0.717, 1.165) is 21.9 Å². The Morgan fingerprint density at radius 1 is 1.14 bits per heavy atom. The Kier molecular flexibility index (Phi) is 5.21. The van der Waals surface area contributed by atoms with E-state index in [9.17, 15) is 19.5 Å². The van der Waals surface area contributed by atoms with E-state index in [-0.39, 0.29) is 5.56 Å². The number of carbonyl (C=O) groups excluding carboxylic acids is 1. The van der Waals surface area contributed by atoms with Crippen LogP contribution in [0.25, 0.3) is 5.69 Å². The van der Waals surface area contributed by atoms with Crippen LogP contribution in [0.3, 0.4) is 0 Å². The molecule has 0 radical (unpaired) electrons. The van der Waals surface area contributed by atoms with Crippen LogP contribution in [0.15, 0.2) is 63.2 Å². The summed E-state index contributed by atoms with van der Waals surface area (Å²) < 4.78 is 0.983. The zero-order valence-corrected chi connectivity index (χ0v) is 15.3. The Balaban J connectivity index is 1.97. The predicted molar refractivity (Wildman–Crippen MR) is 105 cm³/mol. The van der Waals surface area contributed by atoms with Gasteiger partial charge in [0, 0.05) is 5.56 Å². The number of hydrazone groups is 1. The molecule has 8 nitrogen and oxygen atoms in total. The molecule has 0 fully saturated rings. The fourth-order valence-electron chi connectivity index (χ4n) is 2.74. The first-order valence-electron chi connectivity index (χ1n) is 8.43. The maximum Gasteiger partial charge on any atom is 0.335 e. The maximum absolute atomic E-state index is 12.3. The summed E-state index contributed by atoms with van der Waals surface area (Å²) in [4.78, 5) is 38.5. The average Bonchev–Trinajstić information content (AvgIpc) is 2.66. The van der Waals surface area contributed by atoms with Gasteiger partial charge in [-0.1, -0.05) is 35.9 Å². The van der Waals surface area contributed by atoms with Gasteiger partial charge in [0.1, 0.15) is 5.56 Å². The lowest BCUT2D eigenvalue weighted by atomic mass is 10.1. The SMILES string of the molecule is Cc1ccc(-n2c(O)c(/C=N/NC(=O)c3ccccc3)c(=O)[nH]c2=O)c(C)c1. The molecule has 2 aromatic carbocycles. The van der Waals surface area contributed by atoms with E-state index in [2.05, 4.69) is 15.5 Å². The highest BCUT2D eigenvalue weighted by Gasteiger charge is 2.15. The Morgan fingerprint density at radius 2 is 1.86 bits per heavy atom. The van der Waals surface area contributed by atoms with Crippen molar-refractivity contribution >= 4 is 12.1 Å². The van der Waals surface area contributed by atoms with E-state index in [1.165, 1.54) is 0 Å². The third-order valence-corrected chi connectivity index (χ3v) is 4.11. The highest BCUT2D eigenvalue weighted by molar-refractivity contribution is 5.94. The number of aryl methyl sites for hydroxylation is 2. The molecule has 0 bridgehead atoms. The zero-order chi connectivity index (χ0) is 20.3. The lowest BCUT2D eigenvalue weighted by Gasteiger charge is -2.12. The lowest BCUT2D eigenvalue weighted by molar-refractivity contribution is 0.0955. The van der Waals surface area contributed by atoms with E-state index in [4.69, 9.17) is 0 Å². The van der Waals surface area contributed by atoms with Crippen molar-refractivity contribution in [1.29, 1.82) is 0 Å². The van der Waals surface area contributed by atoms with Crippen molar-refractivity contribution in [3.8, 4) is 11.6 Å². The first-order chi connectivity index (χ1) is 13.4. The maximum atomic E-state index is 12.3. The van der Waals surface area contributed by atoms with E-state index >= 15 is 0 Å². The van der Waals surface area contributed by atoms with Crippen LogP contribution in [0.5, 0.6) is 5.88 Å². The molecule has 0 spiro atoms. The Morgan fingerprint density at radius 3 is 2.54 bits per heavy atom. The van der Waals surface area contributed by atoms with Gasteiger partial charge in [-0.15, -0.1) is 0 Å². The first kappa shape index (κ1) is 18.8. The second kappa shape index (κ2) is 7.75. The van der Waals surface area contributed by atoms with Crippen molar-refractivity contribution in [3.63, 3.8) is 0 Å². The largest absolute Gasteiger partial charge is 0.493 e. The zero-order valence-electron chi connectivity index (χ0n) is 15.3. The molecule has 0 saturated heterocycles. The molecular formula is C20H18N4O4. The van der Waals surface area contributed by atoms with Crippen LogP contribution in [0, 0.1) is 13.8 Å². The summed E-state index contributed by atoms with van der Waals surface area (Å²) in [5, 5.41) is 14.2. The molecule has 1 heterocycles. The summed E-state index contributed by atoms with van der Waals surface area (Å²) in [6.07, 6.45) is 0.995. The summed E-state index contributed by atoms with van der Waals surface area (Å²) in [6.45, 7) is 3.69. The number of hydrogen-bond acceptors (Lipinski definition) is 5. The van der Waals surface area contributed by atoms with Gasteiger partial charge in [-0.3, -0.25) is 14.6 Å². The van der Waals surface area contributed by atoms with Gasteiger partial charge < -0.3 is 5.11 Å². The molecule has 0 aliphatic rings. The molecule has 28 heavy (non-hydrogen) atoms. The first-order valence-corrected chi connectivity index (χ1v) is 8.43. The molecule has 0 saturated carbocycles. The smallest absolute Gasteiger partial charge is 0.335 e. The number of nitrogens with one attached hydrogen (secondary N) is 2. The third-order valence-electron chi connectivity index (χ3n) is 4.11. The summed E-state index contributed by atoms with van der Waals surface area (Å²) >= 11 is 0. The molecule has 8 heteroatoms. The van der Waals surface area contributed by atoms with Gasteiger partial charge in [-0.05, 0) is 37.6 Å². The average molecular weight is 378 g/mol. The molecule has 142 valence electrons. The fraction of sp³-hybridized carbons (Fsp3) is 0.100. The molecule has 0 aliphatic heterocycles. The van der Waals surface area contributed by atoms with E-state index in [0.29, 0.717) is 11.3 Å². The van der Waals surface area contributed by atoms with E-state index in [1.807, 2.05) is 13.0 Å². The number of amides is 1. The number of rotatable bonds is 4. The van der Waals surface area contributed by atoms with Crippen LogP contribution in [0.4, 0.5) is 0 Å². The topological polar surface area (TPSA) is 117 Å². The molecule has 1 amide bonds. The number of nitrogens with zero attached hydrogens (tertiary/aromatic N) is 2. The Hall–Kier alpha value is -3.94. The quantitative estimate of drug-likeness (QED) is 0.472. The molecule has 0 atom stereocenters. The Labute approximate surface area is 159 Å². The predicted octanol–water partition coefficient (Wildman–Crippen LogP) is 1.61. The molecular weight excluding hydrogens is 360 g/mol. The fourth-order valence-corrected chi connectivity index (χ4v) is 2.74. The van der Waals surface area contributed by atoms with Crippen LogP contribution in [0.2, 0.25) is 0 Å². The minimum atomic E-state index is -0.818. The Bertz CT molecular complexity index is 1180. The molecule has 0 aliphatic carbocycles. The second-order valence-corrected chi connectivity index (χ2v) is 6.19. The highest BCUT2D eigenvalue weighted by atomic mass is 16.3. The van der Waals surface area contributed by atoms with Crippen LogP contribution in [-0.4, -0.2) is 26.8 Å². The molecule has 3 N–H and O–H groups in total. The van der Waals surface area contributed by atoms with Crippen LogP contribution in [0.1, 0.15) is 27.0 Å². The normalized spacial score (nSPS) is 10.9. The second-order valence-electron chi connectivity index (χ2n) is 6.19. The van der Waals surface area contributed by atoms with Gasteiger partial charge in [-0.25, -0.2) is 14.8 Å². The number of hydrogen-bond donors (Lipinski definition) is 3. The van der Waals surface area contributed by atoms with Crippen molar-refractivity contribution in [2.24, 2.45) is 5.10 Å². The van der Waals surface area contributed by atoms with Crippen LogP contribution < -0.4 is 16.7 Å². The number of H-pyrrole nitrogens is 1. The standard InChI is InChI=1S/C20H18N4O4/c1-12-8-9-16(13(2)10-12)24-19(27)15(18(26)22-20(24)28)11-21-23-17(25)14-6-4-3-5-7-14/h3-11,27H,1-2H3,(H,23,25)(H,22,26,28)/b21-11+. The van der Waals surface area contributed by atoms with E-state index in [1.54, 1.807) is 49.4 Å². The molecule has 0 unspecified atom stereocenters. The number of aromatic nitrogens is 2. The van der Waals surface area contributed by atoms with Gasteiger partial charge in [0.2, 0.25) is 5.88 Å². The van der Waals surface area contributed by atoms with Crippen molar-refractivity contribution in [3.05, 3.63) is 91.6 Å². The van der Waals surface area contributed by atoms with Gasteiger partial charge in [0.25, 0.3) is 11.5 Å². The number of carbonyl (C=O) groups is 1.